The number of aromatic nitrogens is 2. The molecule has 0 bridgehead atoms. The number of rotatable bonds is 11. The number of hydrogen-bond acceptors (Lipinski definition) is 5. The van der Waals surface area contributed by atoms with Gasteiger partial charge in [0.1, 0.15) is 18.2 Å². The second-order valence-electron chi connectivity index (χ2n) is 7.91. The quantitative estimate of drug-likeness (QED) is 0.419. The molecule has 0 radical (unpaired) electrons. The second kappa shape index (κ2) is 12.3. The van der Waals surface area contributed by atoms with E-state index in [9.17, 15) is 4.79 Å². The van der Waals surface area contributed by atoms with E-state index in [-0.39, 0.29) is 12.0 Å². The Morgan fingerprint density at radius 3 is 2.61 bits per heavy atom. The minimum absolute atomic E-state index is 0.0545. The van der Waals surface area contributed by atoms with Crippen LogP contribution in [-0.2, 0) is 6.54 Å². The van der Waals surface area contributed by atoms with Gasteiger partial charge in [-0.15, -0.1) is 0 Å². The summed E-state index contributed by atoms with van der Waals surface area (Å²) in [5, 5.41) is 3.87. The number of carbonyl (C=O) groups excluding carboxylic acids is 1. The highest BCUT2D eigenvalue weighted by Crippen LogP contribution is 2.30. The zero-order valence-corrected chi connectivity index (χ0v) is 20.2. The van der Waals surface area contributed by atoms with Crippen LogP contribution < -0.4 is 10.1 Å². The van der Waals surface area contributed by atoms with E-state index in [2.05, 4.69) is 22.2 Å². The maximum atomic E-state index is 13.1. The number of aryl methyl sites for hydroxylation is 1. The first kappa shape index (κ1) is 24.7. The molecule has 0 saturated carbocycles. The monoisotopic (exact) mass is 466 g/mol. The average molecular weight is 467 g/mol. The third-order valence-electron chi connectivity index (χ3n) is 5.41. The second-order valence-corrected chi connectivity index (χ2v) is 8.32. The third-order valence-corrected chi connectivity index (χ3v) is 5.75. The van der Waals surface area contributed by atoms with Crippen molar-refractivity contribution >= 4 is 17.5 Å². The summed E-state index contributed by atoms with van der Waals surface area (Å²) in [5.74, 6) is 0.710. The summed E-state index contributed by atoms with van der Waals surface area (Å²) in [6.45, 7) is 5.86. The molecule has 0 aliphatic rings. The summed E-state index contributed by atoms with van der Waals surface area (Å²) in [7, 11) is 1.92. The van der Waals surface area contributed by atoms with Crippen LogP contribution in [0.4, 0.5) is 0 Å². The van der Waals surface area contributed by atoms with Crippen molar-refractivity contribution in [2.75, 3.05) is 20.1 Å². The average Bonchev–Trinajstić information content (AvgIpc) is 2.83. The predicted molar refractivity (Wildman–Crippen MR) is 132 cm³/mol. The summed E-state index contributed by atoms with van der Waals surface area (Å²) in [5.41, 5.74) is 3.23. The number of amides is 1. The maximum Gasteiger partial charge on any atom is 0.257 e. The van der Waals surface area contributed by atoms with E-state index < -0.39 is 0 Å². The number of halogens is 1. The number of hydrogen-bond donors (Lipinski definition) is 1. The van der Waals surface area contributed by atoms with Crippen LogP contribution in [-0.4, -0.2) is 40.9 Å². The van der Waals surface area contributed by atoms with Gasteiger partial charge in [-0.2, -0.15) is 0 Å². The Morgan fingerprint density at radius 1 is 1.18 bits per heavy atom. The lowest BCUT2D eigenvalue weighted by molar-refractivity contribution is 0.0741. The Labute approximate surface area is 201 Å². The largest absolute Gasteiger partial charge is 0.486 e. The van der Waals surface area contributed by atoms with Gasteiger partial charge in [-0.1, -0.05) is 48.9 Å². The van der Waals surface area contributed by atoms with E-state index in [1.54, 1.807) is 6.20 Å². The van der Waals surface area contributed by atoms with Gasteiger partial charge in [-0.05, 0) is 50.7 Å². The first-order valence-corrected chi connectivity index (χ1v) is 11.6. The van der Waals surface area contributed by atoms with Gasteiger partial charge in [0.25, 0.3) is 5.91 Å². The Bertz CT molecular complexity index is 1040. The topological polar surface area (TPSA) is 67.3 Å². The molecule has 1 unspecified atom stereocenters. The fraction of sp³-hybridized carbons (Fsp3) is 0.346. The van der Waals surface area contributed by atoms with Crippen LogP contribution in [0.2, 0.25) is 5.02 Å². The molecule has 1 heterocycles. The van der Waals surface area contributed by atoms with E-state index in [0.29, 0.717) is 29.4 Å². The van der Waals surface area contributed by atoms with Crippen molar-refractivity contribution in [1.29, 1.82) is 0 Å². The molecule has 6 nitrogen and oxygen atoms in total. The fourth-order valence-electron chi connectivity index (χ4n) is 3.64. The van der Waals surface area contributed by atoms with Crippen LogP contribution in [0.15, 0.2) is 61.1 Å². The van der Waals surface area contributed by atoms with Gasteiger partial charge >= 0.3 is 0 Å². The molecule has 3 rings (SSSR count). The molecule has 2 aromatic carbocycles. The molecule has 0 saturated heterocycles. The highest BCUT2D eigenvalue weighted by atomic mass is 35.5. The molecule has 0 aliphatic heterocycles. The Kier molecular flexibility index (Phi) is 9.22. The molecule has 1 N–H and O–H groups in total. The molecule has 7 heteroatoms. The van der Waals surface area contributed by atoms with Crippen molar-refractivity contribution in [1.82, 2.24) is 20.2 Å². The lowest BCUT2D eigenvalue weighted by Gasteiger charge is -2.23. The molecule has 0 aliphatic carbocycles. The van der Waals surface area contributed by atoms with Crippen LogP contribution in [0.1, 0.15) is 53.0 Å². The first-order chi connectivity index (χ1) is 16.0. The van der Waals surface area contributed by atoms with Crippen molar-refractivity contribution in [3.63, 3.8) is 0 Å². The Morgan fingerprint density at radius 2 is 1.94 bits per heavy atom. The van der Waals surface area contributed by atoms with E-state index in [0.717, 1.165) is 36.3 Å². The van der Waals surface area contributed by atoms with Crippen LogP contribution in [0.5, 0.6) is 5.75 Å². The van der Waals surface area contributed by atoms with Gasteiger partial charge in [-0.25, -0.2) is 9.97 Å². The molecular formula is C26H31ClN4O2. The number of ether oxygens (including phenoxy) is 1. The van der Waals surface area contributed by atoms with Crippen molar-refractivity contribution in [3.8, 4) is 5.75 Å². The first-order valence-electron chi connectivity index (χ1n) is 11.2. The lowest BCUT2D eigenvalue weighted by atomic mass is 10.1. The van der Waals surface area contributed by atoms with Gasteiger partial charge in [0.05, 0.1) is 11.3 Å². The minimum Gasteiger partial charge on any atom is -0.486 e. The number of benzene rings is 2. The van der Waals surface area contributed by atoms with Gasteiger partial charge in [0, 0.05) is 36.3 Å². The third kappa shape index (κ3) is 6.76. The SMILES string of the molecule is CCCN(Cc1ccc(OC(CCNC)c2ccccc2Cl)cc1)C(=O)c1cncnc1C. The smallest absolute Gasteiger partial charge is 0.257 e. The Balaban J connectivity index is 1.73. The molecular weight excluding hydrogens is 436 g/mol. The maximum absolute atomic E-state index is 13.1. The standard InChI is InChI=1S/C26H31ClN4O2/c1-4-15-31(26(32)23-16-29-18-30-19(23)2)17-20-9-11-21(12-10-20)33-25(13-14-28-3)22-7-5-6-8-24(22)27/h5-12,16,18,25,28H,4,13-15,17H2,1-3H3. The molecule has 1 atom stereocenters. The van der Waals surface area contributed by atoms with E-state index in [1.165, 1.54) is 6.33 Å². The van der Waals surface area contributed by atoms with Crippen LogP contribution >= 0.6 is 11.6 Å². The van der Waals surface area contributed by atoms with Gasteiger partial charge < -0.3 is 15.0 Å². The summed E-state index contributed by atoms with van der Waals surface area (Å²) in [6, 6.07) is 15.7. The van der Waals surface area contributed by atoms with Gasteiger partial charge in [-0.3, -0.25) is 4.79 Å². The van der Waals surface area contributed by atoms with Gasteiger partial charge in [0.2, 0.25) is 0 Å². The molecule has 3 aromatic rings. The van der Waals surface area contributed by atoms with E-state index >= 15 is 0 Å². The summed E-state index contributed by atoms with van der Waals surface area (Å²) in [4.78, 5) is 23.1. The van der Waals surface area contributed by atoms with Crippen LogP contribution in [0.25, 0.3) is 0 Å². The molecule has 0 fully saturated rings. The molecule has 1 amide bonds. The predicted octanol–water partition coefficient (Wildman–Crippen LogP) is 5.22. The van der Waals surface area contributed by atoms with Crippen LogP contribution in [0, 0.1) is 6.92 Å². The molecule has 0 spiro atoms. The van der Waals surface area contributed by atoms with Crippen LogP contribution in [0.3, 0.4) is 0 Å². The summed E-state index contributed by atoms with van der Waals surface area (Å²) in [6.07, 6.45) is 4.55. The molecule has 33 heavy (non-hydrogen) atoms. The van der Waals surface area contributed by atoms with Gasteiger partial charge in [0.15, 0.2) is 0 Å². The number of nitrogens with zero attached hydrogens (tertiary/aromatic N) is 3. The Hall–Kier alpha value is -2.96. The van der Waals surface area contributed by atoms with E-state index in [4.69, 9.17) is 16.3 Å². The highest BCUT2D eigenvalue weighted by molar-refractivity contribution is 6.31. The molecule has 174 valence electrons. The van der Waals surface area contributed by atoms with Crippen molar-refractivity contribution in [2.45, 2.75) is 39.3 Å². The zero-order valence-electron chi connectivity index (χ0n) is 19.4. The number of nitrogens with one attached hydrogen (secondary N) is 1. The molecule has 1 aromatic heterocycles. The van der Waals surface area contributed by atoms with Crippen molar-refractivity contribution in [2.24, 2.45) is 0 Å². The van der Waals surface area contributed by atoms with E-state index in [1.807, 2.05) is 67.4 Å². The fourth-order valence-corrected chi connectivity index (χ4v) is 3.90. The highest BCUT2D eigenvalue weighted by Gasteiger charge is 2.19. The van der Waals surface area contributed by atoms with Crippen molar-refractivity contribution < 1.29 is 9.53 Å². The summed E-state index contributed by atoms with van der Waals surface area (Å²) >= 11 is 6.42. The minimum atomic E-state index is -0.156. The normalized spacial score (nSPS) is 11.8. The number of carbonyl (C=O) groups is 1. The summed E-state index contributed by atoms with van der Waals surface area (Å²) < 4.78 is 6.30. The lowest BCUT2D eigenvalue weighted by Crippen LogP contribution is -2.32. The zero-order chi connectivity index (χ0) is 23.6. The van der Waals surface area contributed by atoms with Crippen molar-refractivity contribution in [3.05, 3.63) is 88.5 Å².